The van der Waals surface area contributed by atoms with E-state index < -0.39 is 29.6 Å². The number of aromatic nitrogens is 1. The zero-order valence-corrected chi connectivity index (χ0v) is 17.9. The molecule has 2 aromatic rings. The van der Waals surface area contributed by atoms with Crippen LogP contribution in [0.3, 0.4) is 0 Å². The summed E-state index contributed by atoms with van der Waals surface area (Å²) in [6.07, 6.45) is 3.54. The van der Waals surface area contributed by atoms with Crippen molar-refractivity contribution in [3.63, 3.8) is 0 Å². The Morgan fingerprint density at radius 1 is 1.27 bits per heavy atom. The highest BCUT2D eigenvalue weighted by molar-refractivity contribution is 5.98. The molecular formula is C23H25FN4O5. The van der Waals surface area contributed by atoms with Gasteiger partial charge in [-0.25, -0.2) is 4.39 Å². The van der Waals surface area contributed by atoms with Crippen LogP contribution < -0.4 is 16.4 Å². The minimum Gasteiger partial charge on any atom is -0.364 e. The van der Waals surface area contributed by atoms with E-state index in [1.807, 2.05) is 0 Å². The molecule has 1 aliphatic carbocycles. The lowest BCUT2D eigenvalue weighted by Gasteiger charge is -2.21. The summed E-state index contributed by atoms with van der Waals surface area (Å²) in [5.74, 6) is -3.29. The summed E-state index contributed by atoms with van der Waals surface area (Å²) >= 11 is 0. The molecule has 1 saturated heterocycles. The maximum atomic E-state index is 14.5. The first kappa shape index (κ1) is 22.6. The molecule has 1 aliphatic heterocycles. The van der Waals surface area contributed by atoms with Crippen LogP contribution in [-0.4, -0.2) is 41.8 Å². The second kappa shape index (κ2) is 9.51. The van der Waals surface area contributed by atoms with Crippen molar-refractivity contribution >= 4 is 24.0 Å². The zero-order valence-electron chi connectivity index (χ0n) is 17.9. The van der Waals surface area contributed by atoms with Crippen molar-refractivity contribution in [2.75, 3.05) is 6.54 Å². The Morgan fingerprint density at radius 3 is 2.64 bits per heavy atom. The van der Waals surface area contributed by atoms with E-state index >= 15 is 0 Å². The monoisotopic (exact) mass is 456 g/mol. The van der Waals surface area contributed by atoms with Gasteiger partial charge in [0.05, 0.1) is 17.5 Å². The molecule has 174 valence electrons. The van der Waals surface area contributed by atoms with Crippen molar-refractivity contribution in [2.24, 2.45) is 17.6 Å². The van der Waals surface area contributed by atoms with Crippen molar-refractivity contribution in [2.45, 2.75) is 44.1 Å². The number of carbonyl (C=O) groups is 4. The zero-order chi connectivity index (χ0) is 23.5. The molecule has 2 fully saturated rings. The number of aldehydes is 1. The van der Waals surface area contributed by atoms with Gasteiger partial charge in [-0.15, -0.1) is 0 Å². The molecule has 0 unspecified atom stereocenters. The van der Waals surface area contributed by atoms with Gasteiger partial charge in [0, 0.05) is 18.0 Å². The highest BCUT2D eigenvalue weighted by Crippen LogP contribution is 2.43. The van der Waals surface area contributed by atoms with Crippen LogP contribution in [0.15, 0.2) is 28.8 Å². The largest absolute Gasteiger partial charge is 0.364 e. The predicted molar refractivity (Wildman–Crippen MR) is 114 cm³/mol. The summed E-state index contributed by atoms with van der Waals surface area (Å²) in [4.78, 5) is 49.1. The van der Waals surface area contributed by atoms with Crippen LogP contribution in [0.4, 0.5) is 4.39 Å². The summed E-state index contributed by atoms with van der Waals surface area (Å²) in [5.41, 5.74) is 5.41. The first-order valence-electron chi connectivity index (χ1n) is 11.0. The van der Waals surface area contributed by atoms with Crippen LogP contribution in [0, 0.1) is 17.7 Å². The number of halogens is 1. The molecule has 0 radical (unpaired) electrons. The van der Waals surface area contributed by atoms with Crippen molar-refractivity contribution in [1.29, 1.82) is 0 Å². The highest BCUT2D eigenvalue weighted by atomic mass is 19.1. The van der Waals surface area contributed by atoms with Gasteiger partial charge in [0.25, 0.3) is 5.91 Å². The van der Waals surface area contributed by atoms with Gasteiger partial charge in [0.15, 0.2) is 11.5 Å². The third-order valence-electron chi connectivity index (χ3n) is 6.20. The number of benzene rings is 1. The van der Waals surface area contributed by atoms with Gasteiger partial charge >= 0.3 is 0 Å². The Bertz CT molecular complexity index is 1080. The van der Waals surface area contributed by atoms with Crippen molar-refractivity contribution in [3.8, 4) is 11.3 Å². The highest BCUT2D eigenvalue weighted by Gasteiger charge is 2.38. The van der Waals surface area contributed by atoms with E-state index in [1.165, 1.54) is 18.2 Å². The molecule has 4 N–H and O–H groups in total. The molecule has 33 heavy (non-hydrogen) atoms. The van der Waals surface area contributed by atoms with Crippen molar-refractivity contribution < 1.29 is 28.1 Å². The maximum Gasteiger partial charge on any atom is 0.271 e. The fraction of sp³-hybridized carbons (Fsp3) is 0.435. The molecule has 2 heterocycles. The van der Waals surface area contributed by atoms with Crippen molar-refractivity contribution in [3.05, 3.63) is 41.3 Å². The van der Waals surface area contributed by atoms with Gasteiger partial charge in [-0.05, 0) is 37.3 Å². The third kappa shape index (κ3) is 4.94. The van der Waals surface area contributed by atoms with Gasteiger partial charge in [-0.1, -0.05) is 30.1 Å². The fourth-order valence-electron chi connectivity index (χ4n) is 4.29. The number of rotatable bonds is 10. The smallest absolute Gasteiger partial charge is 0.271 e. The summed E-state index contributed by atoms with van der Waals surface area (Å²) in [6.45, 7) is 0.530. The van der Waals surface area contributed by atoms with Crippen LogP contribution in [-0.2, 0) is 14.4 Å². The number of nitrogens with two attached hydrogens (primary N) is 1. The van der Waals surface area contributed by atoms with Gasteiger partial charge in [0.2, 0.25) is 11.8 Å². The number of amides is 3. The standard InChI is InChI=1S/C23H25FN4O5/c24-17-4-2-1-3-15(17)20-18(19(21(25)30)28-33-20)16(9-12-5-6-12)23(32)27-14(11-29)10-13-7-8-26-22(13)31/h1-4,11-14,16H,5-10H2,(H2,25,30)(H,26,31)(H,27,32)/t13-,14-,16-/m0/s1. The van der Waals surface area contributed by atoms with Gasteiger partial charge in [-0.3, -0.25) is 14.4 Å². The van der Waals surface area contributed by atoms with E-state index in [0.717, 1.165) is 12.8 Å². The first-order chi connectivity index (χ1) is 15.9. The lowest BCUT2D eigenvalue weighted by molar-refractivity contribution is -0.127. The molecule has 4 rings (SSSR count). The van der Waals surface area contributed by atoms with Crippen LogP contribution in [0.5, 0.6) is 0 Å². The van der Waals surface area contributed by atoms with Crippen LogP contribution in [0.1, 0.15) is 54.1 Å². The molecular weight excluding hydrogens is 431 g/mol. The average molecular weight is 456 g/mol. The Balaban J connectivity index is 1.67. The lowest BCUT2D eigenvalue weighted by atomic mass is 9.88. The number of carbonyl (C=O) groups excluding carboxylic acids is 4. The van der Waals surface area contributed by atoms with Crippen LogP contribution in [0.2, 0.25) is 0 Å². The number of nitrogens with one attached hydrogen (secondary N) is 2. The summed E-state index contributed by atoms with van der Waals surface area (Å²) in [6, 6.07) is 4.91. The first-order valence-corrected chi connectivity index (χ1v) is 11.0. The number of primary amides is 1. The SMILES string of the molecule is NC(=O)c1noc(-c2ccccc2F)c1[C@H](CC1CC1)C(=O)N[C@H](C=O)C[C@@H]1CCNC1=O. The fourth-order valence-corrected chi connectivity index (χ4v) is 4.29. The Kier molecular flexibility index (Phi) is 6.52. The molecule has 2 aliphatic rings. The number of hydrogen-bond acceptors (Lipinski definition) is 6. The molecule has 1 aromatic carbocycles. The lowest BCUT2D eigenvalue weighted by Crippen LogP contribution is -2.41. The molecule has 9 nitrogen and oxygen atoms in total. The molecule has 10 heteroatoms. The molecule has 1 saturated carbocycles. The van der Waals surface area contributed by atoms with E-state index in [0.29, 0.717) is 25.7 Å². The molecule has 3 atom stereocenters. The second-order valence-electron chi connectivity index (χ2n) is 8.61. The molecule has 1 aromatic heterocycles. The molecule has 3 amide bonds. The topological polar surface area (TPSA) is 144 Å². The minimum atomic E-state index is -0.930. The normalized spacial score (nSPS) is 19.5. The van der Waals surface area contributed by atoms with Crippen LogP contribution >= 0.6 is 0 Å². The van der Waals surface area contributed by atoms with Gasteiger partial charge in [0.1, 0.15) is 12.1 Å². The van der Waals surface area contributed by atoms with E-state index in [2.05, 4.69) is 15.8 Å². The maximum absolute atomic E-state index is 14.5. The van der Waals surface area contributed by atoms with Crippen molar-refractivity contribution in [1.82, 2.24) is 15.8 Å². The minimum absolute atomic E-state index is 0.0412. The Morgan fingerprint density at radius 2 is 2.03 bits per heavy atom. The predicted octanol–water partition coefficient (Wildman–Crippen LogP) is 1.67. The molecule has 0 bridgehead atoms. The third-order valence-corrected chi connectivity index (χ3v) is 6.20. The van der Waals surface area contributed by atoms with E-state index in [1.54, 1.807) is 6.07 Å². The number of hydrogen-bond donors (Lipinski definition) is 3. The van der Waals surface area contributed by atoms with E-state index in [9.17, 15) is 23.6 Å². The summed E-state index contributed by atoms with van der Waals surface area (Å²) in [7, 11) is 0. The molecule has 0 spiro atoms. The van der Waals surface area contributed by atoms with Gasteiger partial charge < -0.3 is 25.7 Å². The quantitative estimate of drug-likeness (QED) is 0.464. The Hall–Kier alpha value is -3.56. The van der Waals surface area contributed by atoms with E-state index in [4.69, 9.17) is 10.3 Å². The number of nitrogens with zero attached hydrogens (tertiary/aromatic N) is 1. The Labute approximate surface area is 189 Å². The average Bonchev–Trinajstić information content (AvgIpc) is 3.37. The summed E-state index contributed by atoms with van der Waals surface area (Å²) in [5, 5.41) is 9.14. The summed E-state index contributed by atoms with van der Waals surface area (Å²) < 4.78 is 19.9. The van der Waals surface area contributed by atoms with Crippen LogP contribution in [0.25, 0.3) is 11.3 Å². The van der Waals surface area contributed by atoms with E-state index in [-0.39, 0.29) is 46.7 Å². The van der Waals surface area contributed by atoms with Gasteiger partial charge in [-0.2, -0.15) is 0 Å². The second-order valence-corrected chi connectivity index (χ2v) is 8.61.